The molecule has 0 bridgehead atoms. The molecule has 1 unspecified atom stereocenters. The molecule has 2 N–H and O–H groups in total. The van der Waals surface area contributed by atoms with E-state index in [1.165, 1.54) is 5.56 Å². The molecule has 2 aromatic rings. The molecule has 0 amide bonds. The lowest BCUT2D eigenvalue weighted by Gasteiger charge is -2.33. The average molecular weight is 290 g/mol. The molecule has 0 saturated heterocycles. The number of methoxy groups -OCH3 is 1. The highest BCUT2D eigenvalue weighted by atomic mass is 35.5. The molecule has 3 heteroatoms. The van der Waals surface area contributed by atoms with Gasteiger partial charge in [0, 0.05) is 16.5 Å². The fraction of sp³-hybridized carbons (Fsp3) is 0.294. The maximum Gasteiger partial charge on any atom is 0.120 e. The number of halogens is 1. The van der Waals surface area contributed by atoms with Crippen LogP contribution in [-0.2, 0) is 5.41 Å². The van der Waals surface area contributed by atoms with Gasteiger partial charge in [-0.2, -0.15) is 0 Å². The number of nitrogens with two attached hydrogens (primary N) is 1. The number of benzene rings is 2. The summed E-state index contributed by atoms with van der Waals surface area (Å²) in [6.07, 6.45) is 0. The van der Waals surface area contributed by atoms with E-state index in [0.717, 1.165) is 11.3 Å². The van der Waals surface area contributed by atoms with Crippen LogP contribution in [0.4, 0.5) is 0 Å². The zero-order valence-corrected chi connectivity index (χ0v) is 12.8. The first-order valence-electron chi connectivity index (χ1n) is 6.61. The van der Waals surface area contributed by atoms with E-state index in [9.17, 15) is 0 Å². The molecule has 20 heavy (non-hydrogen) atoms. The van der Waals surface area contributed by atoms with E-state index in [2.05, 4.69) is 26.0 Å². The summed E-state index contributed by atoms with van der Waals surface area (Å²) in [6, 6.07) is 15.7. The van der Waals surface area contributed by atoms with Gasteiger partial charge in [-0.15, -0.1) is 0 Å². The van der Waals surface area contributed by atoms with Gasteiger partial charge in [0.05, 0.1) is 7.11 Å². The van der Waals surface area contributed by atoms with Crippen LogP contribution in [0.15, 0.2) is 48.5 Å². The predicted octanol–water partition coefficient (Wildman–Crippen LogP) is 4.33. The Morgan fingerprint density at radius 1 is 1.10 bits per heavy atom. The fourth-order valence-corrected chi connectivity index (χ4v) is 2.61. The van der Waals surface area contributed by atoms with Crippen molar-refractivity contribution < 1.29 is 4.74 Å². The van der Waals surface area contributed by atoms with Crippen molar-refractivity contribution in [2.45, 2.75) is 25.3 Å². The lowest BCUT2D eigenvalue weighted by Crippen LogP contribution is -2.33. The van der Waals surface area contributed by atoms with Crippen molar-refractivity contribution in [2.75, 3.05) is 7.11 Å². The quantitative estimate of drug-likeness (QED) is 0.909. The smallest absolute Gasteiger partial charge is 0.120 e. The van der Waals surface area contributed by atoms with E-state index in [1.807, 2.05) is 30.3 Å². The standard InChI is InChI=1S/C17H20ClNO/c1-17(2,12-7-5-4-6-8-12)16(19)14-10-9-13(20-3)11-15(14)18/h4-11,16H,19H2,1-3H3. The van der Waals surface area contributed by atoms with Crippen molar-refractivity contribution in [1.29, 1.82) is 0 Å². The largest absolute Gasteiger partial charge is 0.497 e. The van der Waals surface area contributed by atoms with Crippen LogP contribution >= 0.6 is 11.6 Å². The third kappa shape index (κ3) is 2.82. The first-order chi connectivity index (χ1) is 9.46. The van der Waals surface area contributed by atoms with Crippen molar-refractivity contribution in [3.05, 3.63) is 64.7 Å². The number of ether oxygens (including phenoxy) is 1. The summed E-state index contributed by atoms with van der Waals surface area (Å²) in [5.74, 6) is 0.739. The molecule has 1 atom stereocenters. The average Bonchev–Trinajstić information content (AvgIpc) is 2.47. The van der Waals surface area contributed by atoms with E-state index in [0.29, 0.717) is 5.02 Å². The van der Waals surface area contributed by atoms with Crippen LogP contribution in [0.2, 0.25) is 5.02 Å². The summed E-state index contributed by atoms with van der Waals surface area (Å²) in [4.78, 5) is 0. The molecule has 0 spiro atoms. The summed E-state index contributed by atoms with van der Waals surface area (Å²) in [5.41, 5.74) is 8.39. The summed E-state index contributed by atoms with van der Waals surface area (Å²) >= 11 is 6.34. The van der Waals surface area contributed by atoms with Crippen molar-refractivity contribution in [2.24, 2.45) is 5.73 Å². The Hall–Kier alpha value is -1.51. The normalized spacial score (nSPS) is 13.1. The Morgan fingerprint density at radius 3 is 2.30 bits per heavy atom. The van der Waals surface area contributed by atoms with Crippen LogP contribution in [0.5, 0.6) is 5.75 Å². The first-order valence-corrected chi connectivity index (χ1v) is 6.99. The van der Waals surface area contributed by atoms with Gasteiger partial charge in [-0.3, -0.25) is 0 Å². The molecule has 0 fully saturated rings. The Morgan fingerprint density at radius 2 is 1.75 bits per heavy atom. The van der Waals surface area contributed by atoms with E-state index in [1.54, 1.807) is 13.2 Å². The Bertz CT molecular complexity index is 581. The number of hydrogen-bond acceptors (Lipinski definition) is 2. The van der Waals surface area contributed by atoms with Gasteiger partial charge >= 0.3 is 0 Å². The molecular formula is C17H20ClNO. The second kappa shape index (κ2) is 5.86. The lowest BCUT2D eigenvalue weighted by molar-refractivity contribution is 0.409. The van der Waals surface area contributed by atoms with Crippen molar-refractivity contribution >= 4 is 11.6 Å². The molecule has 0 aromatic heterocycles. The van der Waals surface area contributed by atoms with E-state index in [4.69, 9.17) is 22.1 Å². The highest BCUT2D eigenvalue weighted by Gasteiger charge is 2.30. The van der Waals surface area contributed by atoms with Gasteiger partial charge in [0.25, 0.3) is 0 Å². The van der Waals surface area contributed by atoms with Gasteiger partial charge in [0.1, 0.15) is 5.75 Å². The SMILES string of the molecule is COc1ccc(C(N)C(C)(C)c2ccccc2)c(Cl)c1. The zero-order valence-electron chi connectivity index (χ0n) is 12.1. The maximum atomic E-state index is 6.47. The van der Waals surface area contributed by atoms with E-state index < -0.39 is 0 Å². The van der Waals surface area contributed by atoms with Crippen LogP contribution in [0.25, 0.3) is 0 Å². The molecule has 0 radical (unpaired) electrons. The van der Waals surface area contributed by atoms with Crippen LogP contribution in [0.1, 0.15) is 31.0 Å². The van der Waals surface area contributed by atoms with Crippen LogP contribution in [-0.4, -0.2) is 7.11 Å². The fourth-order valence-electron chi connectivity index (χ4n) is 2.32. The van der Waals surface area contributed by atoms with Gasteiger partial charge in [0.2, 0.25) is 0 Å². The molecule has 0 aliphatic rings. The van der Waals surface area contributed by atoms with Crippen molar-refractivity contribution in [3.63, 3.8) is 0 Å². The summed E-state index contributed by atoms with van der Waals surface area (Å²) in [7, 11) is 1.62. The lowest BCUT2D eigenvalue weighted by atomic mass is 9.75. The third-order valence-electron chi connectivity index (χ3n) is 3.84. The van der Waals surface area contributed by atoms with Gasteiger partial charge in [-0.05, 0) is 23.3 Å². The number of rotatable bonds is 4. The minimum atomic E-state index is -0.209. The number of hydrogen-bond donors (Lipinski definition) is 1. The van der Waals surface area contributed by atoms with Crippen LogP contribution in [0.3, 0.4) is 0 Å². The highest BCUT2D eigenvalue weighted by molar-refractivity contribution is 6.31. The van der Waals surface area contributed by atoms with E-state index >= 15 is 0 Å². The molecule has 0 heterocycles. The summed E-state index contributed by atoms with van der Waals surface area (Å²) < 4.78 is 5.17. The zero-order chi connectivity index (χ0) is 14.8. The summed E-state index contributed by atoms with van der Waals surface area (Å²) in [6.45, 7) is 4.27. The van der Waals surface area contributed by atoms with E-state index in [-0.39, 0.29) is 11.5 Å². The maximum absolute atomic E-state index is 6.47. The summed E-state index contributed by atoms with van der Waals surface area (Å²) in [5, 5.41) is 0.640. The molecule has 2 rings (SSSR count). The minimum absolute atomic E-state index is 0.191. The molecule has 2 nitrogen and oxygen atoms in total. The van der Waals surface area contributed by atoms with Crippen molar-refractivity contribution in [1.82, 2.24) is 0 Å². The topological polar surface area (TPSA) is 35.2 Å². The monoisotopic (exact) mass is 289 g/mol. The van der Waals surface area contributed by atoms with Gasteiger partial charge in [-0.25, -0.2) is 0 Å². The Labute approximate surface area is 125 Å². The van der Waals surface area contributed by atoms with Gasteiger partial charge in [0.15, 0.2) is 0 Å². The molecule has 0 aliphatic carbocycles. The predicted molar refractivity (Wildman–Crippen MR) is 84.4 cm³/mol. The van der Waals surface area contributed by atoms with Gasteiger partial charge < -0.3 is 10.5 Å². The van der Waals surface area contributed by atoms with Crippen LogP contribution < -0.4 is 10.5 Å². The molecule has 0 aliphatic heterocycles. The highest BCUT2D eigenvalue weighted by Crippen LogP contribution is 2.38. The van der Waals surface area contributed by atoms with Gasteiger partial charge in [-0.1, -0.05) is 61.8 Å². The molecular weight excluding hydrogens is 270 g/mol. The Balaban J connectivity index is 2.38. The van der Waals surface area contributed by atoms with Crippen LogP contribution in [0, 0.1) is 0 Å². The second-order valence-electron chi connectivity index (χ2n) is 5.45. The Kier molecular flexibility index (Phi) is 4.36. The molecule has 106 valence electrons. The molecule has 0 saturated carbocycles. The van der Waals surface area contributed by atoms with Crippen molar-refractivity contribution in [3.8, 4) is 5.75 Å². The molecule has 2 aromatic carbocycles. The first kappa shape index (κ1) is 14.9. The third-order valence-corrected chi connectivity index (χ3v) is 4.17. The second-order valence-corrected chi connectivity index (χ2v) is 5.86. The minimum Gasteiger partial charge on any atom is -0.497 e.